The summed E-state index contributed by atoms with van der Waals surface area (Å²) >= 11 is 1.30. The topological polar surface area (TPSA) is 86.5 Å². The van der Waals surface area contributed by atoms with Crippen molar-refractivity contribution >= 4 is 28.1 Å². The second-order valence-corrected chi connectivity index (χ2v) is 4.46. The highest BCUT2D eigenvalue weighted by Gasteiger charge is 2.08. The standard InChI is InChI=1S/C12H13N3O3S/c1-17-9-4-3-7(5-10(9)18-2)14-12-15-8(6-19-12)11(13)16/h3-6H,1-2H3,(H2,13,16)(H,14,15). The number of primary amides is 1. The summed E-state index contributed by atoms with van der Waals surface area (Å²) in [5, 5.41) is 5.26. The zero-order valence-corrected chi connectivity index (χ0v) is 11.3. The molecule has 0 radical (unpaired) electrons. The number of rotatable bonds is 5. The van der Waals surface area contributed by atoms with Crippen LogP contribution in [0.3, 0.4) is 0 Å². The van der Waals surface area contributed by atoms with Crippen molar-refractivity contribution in [2.45, 2.75) is 0 Å². The summed E-state index contributed by atoms with van der Waals surface area (Å²) in [5.74, 6) is 0.709. The average Bonchev–Trinajstić information content (AvgIpc) is 2.87. The summed E-state index contributed by atoms with van der Waals surface area (Å²) in [5.41, 5.74) is 6.17. The molecular weight excluding hydrogens is 266 g/mol. The van der Waals surface area contributed by atoms with Crippen molar-refractivity contribution in [3.63, 3.8) is 0 Å². The van der Waals surface area contributed by atoms with Crippen molar-refractivity contribution in [3.8, 4) is 11.5 Å². The quantitative estimate of drug-likeness (QED) is 0.874. The van der Waals surface area contributed by atoms with Gasteiger partial charge in [0.05, 0.1) is 14.2 Å². The lowest BCUT2D eigenvalue weighted by atomic mass is 10.3. The average molecular weight is 279 g/mol. The van der Waals surface area contributed by atoms with E-state index in [2.05, 4.69) is 10.3 Å². The highest BCUT2D eigenvalue weighted by molar-refractivity contribution is 7.14. The number of benzene rings is 1. The van der Waals surface area contributed by atoms with E-state index in [0.717, 1.165) is 5.69 Å². The third kappa shape index (κ3) is 2.94. The van der Waals surface area contributed by atoms with Crippen LogP contribution < -0.4 is 20.5 Å². The molecule has 0 aliphatic rings. The molecule has 1 heterocycles. The number of anilines is 2. The Morgan fingerprint density at radius 2 is 2.05 bits per heavy atom. The predicted octanol–water partition coefficient (Wildman–Crippen LogP) is 2.00. The number of carbonyl (C=O) groups is 1. The number of thiazole rings is 1. The Morgan fingerprint density at radius 3 is 2.63 bits per heavy atom. The molecule has 0 saturated carbocycles. The van der Waals surface area contributed by atoms with Gasteiger partial charge in [0.25, 0.3) is 5.91 Å². The number of hydrogen-bond acceptors (Lipinski definition) is 6. The molecule has 0 bridgehead atoms. The van der Waals surface area contributed by atoms with E-state index in [1.807, 2.05) is 6.07 Å². The molecule has 2 aromatic rings. The molecule has 0 spiro atoms. The van der Waals surface area contributed by atoms with Gasteiger partial charge in [-0.3, -0.25) is 4.79 Å². The number of nitrogens with one attached hydrogen (secondary N) is 1. The molecular formula is C12H13N3O3S. The minimum absolute atomic E-state index is 0.243. The third-order valence-electron chi connectivity index (χ3n) is 2.39. The van der Waals surface area contributed by atoms with Crippen LogP contribution >= 0.6 is 11.3 Å². The van der Waals surface area contributed by atoms with Gasteiger partial charge in [0, 0.05) is 17.1 Å². The fourth-order valence-corrected chi connectivity index (χ4v) is 2.20. The molecule has 6 nitrogen and oxygen atoms in total. The first-order chi connectivity index (χ1) is 9.13. The molecule has 0 fully saturated rings. The molecule has 1 aromatic carbocycles. The zero-order valence-electron chi connectivity index (χ0n) is 10.5. The fourth-order valence-electron chi connectivity index (χ4n) is 1.48. The summed E-state index contributed by atoms with van der Waals surface area (Å²) in [6.45, 7) is 0. The number of ether oxygens (including phenoxy) is 2. The molecule has 7 heteroatoms. The van der Waals surface area contributed by atoms with E-state index < -0.39 is 5.91 Å². The second kappa shape index (κ2) is 5.57. The lowest BCUT2D eigenvalue weighted by Crippen LogP contribution is -2.11. The number of hydrogen-bond donors (Lipinski definition) is 2. The SMILES string of the molecule is COc1ccc(Nc2nc(C(N)=O)cs2)cc1OC. The Bertz CT molecular complexity index is 598. The van der Waals surface area contributed by atoms with Gasteiger partial charge in [-0.2, -0.15) is 0 Å². The van der Waals surface area contributed by atoms with E-state index in [1.165, 1.54) is 11.3 Å². The predicted molar refractivity (Wildman–Crippen MR) is 73.5 cm³/mol. The van der Waals surface area contributed by atoms with Crippen LogP contribution in [-0.4, -0.2) is 25.1 Å². The van der Waals surface area contributed by atoms with E-state index in [1.54, 1.807) is 31.7 Å². The Labute approximate surface area is 114 Å². The van der Waals surface area contributed by atoms with Crippen LogP contribution in [0.4, 0.5) is 10.8 Å². The molecule has 3 N–H and O–H groups in total. The minimum Gasteiger partial charge on any atom is -0.493 e. The van der Waals surface area contributed by atoms with Gasteiger partial charge in [0.2, 0.25) is 0 Å². The van der Waals surface area contributed by atoms with Gasteiger partial charge in [0.1, 0.15) is 5.69 Å². The van der Waals surface area contributed by atoms with Crippen LogP contribution in [0.1, 0.15) is 10.5 Å². The van der Waals surface area contributed by atoms with E-state index in [9.17, 15) is 4.79 Å². The highest BCUT2D eigenvalue weighted by atomic mass is 32.1. The molecule has 2 rings (SSSR count). The minimum atomic E-state index is -0.545. The molecule has 100 valence electrons. The Morgan fingerprint density at radius 1 is 1.32 bits per heavy atom. The molecule has 0 saturated heterocycles. The van der Waals surface area contributed by atoms with Gasteiger partial charge in [0.15, 0.2) is 16.6 Å². The number of nitrogens with zero attached hydrogens (tertiary/aromatic N) is 1. The molecule has 0 atom stereocenters. The number of nitrogens with two attached hydrogens (primary N) is 1. The summed E-state index contributed by atoms with van der Waals surface area (Å²) in [7, 11) is 3.14. The zero-order chi connectivity index (χ0) is 13.8. The van der Waals surface area contributed by atoms with Gasteiger partial charge in [-0.1, -0.05) is 0 Å². The van der Waals surface area contributed by atoms with Crippen LogP contribution in [-0.2, 0) is 0 Å². The van der Waals surface area contributed by atoms with Crippen LogP contribution in [0.5, 0.6) is 11.5 Å². The van der Waals surface area contributed by atoms with Crippen molar-refractivity contribution in [3.05, 3.63) is 29.3 Å². The summed E-state index contributed by atoms with van der Waals surface area (Å²) in [4.78, 5) is 15.0. The molecule has 0 aliphatic carbocycles. The maximum absolute atomic E-state index is 11.0. The van der Waals surface area contributed by atoms with Crippen LogP contribution in [0.2, 0.25) is 0 Å². The van der Waals surface area contributed by atoms with E-state index in [0.29, 0.717) is 16.6 Å². The first-order valence-corrected chi connectivity index (χ1v) is 6.26. The lowest BCUT2D eigenvalue weighted by molar-refractivity contribution is 0.0996. The lowest BCUT2D eigenvalue weighted by Gasteiger charge is -2.09. The van der Waals surface area contributed by atoms with Crippen LogP contribution in [0, 0.1) is 0 Å². The Kier molecular flexibility index (Phi) is 3.86. The summed E-state index contributed by atoms with van der Waals surface area (Å²) in [6, 6.07) is 5.39. The van der Waals surface area contributed by atoms with Gasteiger partial charge in [-0.15, -0.1) is 11.3 Å². The maximum atomic E-state index is 11.0. The normalized spacial score (nSPS) is 10.0. The fraction of sp³-hybridized carbons (Fsp3) is 0.167. The van der Waals surface area contributed by atoms with Gasteiger partial charge in [-0.05, 0) is 12.1 Å². The molecule has 0 aliphatic heterocycles. The van der Waals surface area contributed by atoms with Gasteiger partial charge >= 0.3 is 0 Å². The number of aromatic nitrogens is 1. The van der Waals surface area contributed by atoms with Crippen molar-refractivity contribution < 1.29 is 14.3 Å². The van der Waals surface area contributed by atoms with Crippen molar-refractivity contribution in [2.75, 3.05) is 19.5 Å². The summed E-state index contributed by atoms with van der Waals surface area (Å²) < 4.78 is 10.4. The highest BCUT2D eigenvalue weighted by Crippen LogP contribution is 2.31. The molecule has 1 aromatic heterocycles. The van der Waals surface area contributed by atoms with Gasteiger partial charge in [-0.25, -0.2) is 4.98 Å². The van der Waals surface area contributed by atoms with E-state index in [-0.39, 0.29) is 5.69 Å². The number of carbonyl (C=O) groups excluding carboxylic acids is 1. The van der Waals surface area contributed by atoms with Crippen molar-refractivity contribution in [1.82, 2.24) is 4.98 Å². The monoisotopic (exact) mass is 279 g/mol. The first kappa shape index (κ1) is 13.2. The molecule has 1 amide bonds. The molecule has 19 heavy (non-hydrogen) atoms. The largest absolute Gasteiger partial charge is 0.493 e. The third-order valence-corrected chi connectivity index (χ3v) is 3.15. The van der Waals surface area contributed by atoms with Crippen LogP contribution in [0.15, 0.2) is 23.6 Å². The second-order valence-electron chi connectivity index (χ2n) is 3.60. The number of amides is 1. The Hall–Kier alpha value is -2.28. The summed E-state index contributed by atoms with van der Waals surface area (Å²) in [6.07, 6.45) is 0. The first-order valence-electron chi connectivity index (χ1n) is 5.38. The van der Waals surface area contributed by atoms with Crippen LogP contribution in [0.25, 0.3) is 0 Å². The Balaban J connectivity index is 2.20. The van der Waals surface area contributed by atoms with Crippen molar-refractivity contribution in [2.24, 2.45) is 5.73 Å². The maximum Gasteiger partial charge on any atom is 0.268 e. The molecule has 0 unspecified atom stereocenters. The van der Waals surface area contributed by atoms with E-state index in [4.69, 9.17) is 15.2 Å². The van der Waals surface area contributed by atoms with E-state index >= 15 is 0 Å². The van der Waals surface area contributed by atoms with Crippen molar-refractivity contribution in [1.29, 1.82) is 0 Å². The van der Waals surface area contributed by atoms with Gasteiger partial charge < -0.3 is 20.5 Å². The smallest absolute Gasteiger partial charge is 0.268 e. The number of methoxy groups -OCH3 is 2.